The molecule has 0 saturated carbocycles. The molecule has 2 aromatic carbocycles. The first-order valence-electron chi connectivity index (χ1n) is 5.35. The van der Waals surface area contributed by atoms with E-state index in [0.717, 1.165) is 5.56 Å². The molecule has 0 amide bonds. The molecule has 2 nitrogen and oxygen atoms in total. The second kappa shape index (κ2) is 6.14. The van der Waals surface area contributed by atoms with Gasteiger partial charge < -0.3 is 5.73 Å². The molecule has 2 N–H and O–H groups in total. The Labute approximate surface area is 128 Å². The van der Waals surface area contributed by atoms with Crippen LogP contribution in [0.25, 0.3) is 0 Å². The molecule has 1 atom stereocenters. The SMILES string of the molecule is Nc1cc(Cl)ccc1S(=O)Cc1cccc(Cl)c1Cl. The summed E-state index contributed by atoms with van der Waals surface area (Å²) in [6, 6.07) is 10.1. The Morgan fingerprint density at radius 3 is 2.53 bits per heavy atom. The molecule has 1 unspecified atom stereocenters. The Hall–Kier alpha value is -0.740. The van der Waals surface area contributed by atoms with Crippen molar-refractivity contribution < 1.29 is 4.21 Å². The summed E-state index contributed by atoms with van der Waals surface area (Å²) >= 11 is 17.8. The van der Waals surface area contributed by atoms with E-state index < -0.39 is 10.8 Å². The van der Waals surface area contributed by atoms with E-state index in [1.165, 1.54) is 0 Å². The number of nitrogens with two attached hydrogens (primary N) is 1. The molecule has 0 radical (unpaired) electrons. The summed E-state index contributed by atoms with van der Waals surface area (Å²) < 4.78 is 12.3. The predicted molar refractivity (Wildman–Crippen MR) is 82.4 cm³/mol. The number of benzene rings is 2. The van der Waals surface area contributed by atoms with Gasteiger partial charge in [0.15, 0.2) is 0 Å². The van der Waals surface area contributed by atoms with Crippen molar-refractivity contribution in [3.05, 3.63) is 57.0 Å². The van der Waals surface area contributed by atoms with E-state index in [1.54, 1.807) is 36.4 Å². The molecule has 0 aliphatic heterocycles. The average Bonchev–Trinajstić information content (AvgIpc) is 2.34. The van der Waals surface area contributed by atoms with Crippen LogP contribution in [0.1, 0.15) is 5.56 Å². The van der Waals surface area contributed by atoms with Gasteiger partial charge >= 0.3 is 0 Å². The van der Waals surface area contributed by atoms with Gasteiger partial charge in [0.1, 0.15) is 0 Å². The Morgan fingerprint density at radius 1 is 1.11 bits per heavy atom. The van der Waals surface area contributed by atoms with E-state index in [9.17, 15) is 4.21 Å². The Bertz CT molecular complexity index is 646. The first kappa shape index (κ1) is 14.7. The summed E-state index contributed by atoms with van der Waals surface area (Å²) in [7, 11) is -1.30. The molecule has 0 fully saturated rings. The number of halogens is 3. The normalized spacial score (nSPS) is 12.4. The van der Waals surface area contributed by atoms with Crippen molar-refractivity contribution in [1.29, 1.82) is 0 Å². The molecule has 2 rings (SSSR count). The molecular formula is C13H10Cl3NOS. The monoisotopic (exact) mass is 333 g/mol. The molecular weight excluding hydrogens is 325 g/mol. The summed E-state index contributed by atoms with van der Waals surface area (Å²) in [6.45, 7) is 0. The minimum Gasteiger partial charge on any atom is -0.398 e. The standard InChI is InChI=1S/C13H10Cl3NOS/c14-9-4-5-12(11(17)6-9)19(18)7-8-2-1-3-10(15)13(8)16/h1-6H,7,17H2. The minimum absolute atomic E-state index is 0.255. The highest BCUT2D eigenvalue weighted by molar-refractivity contribution is 7.84. The largest absolute Gasteiger partial charge is 0.398 e. The minimum atomic E-state index is -1.30. The van der Waals surface area contributed by atoms with Gasteiger partial charge in [-0.2, -0.15) is 0 Å². The van der Waals surface area contributed by atoms with Crippen LogP contribution >= 0.6 is 34.8 Å². The lowest BCUT2D eigenvalue weighted by Gasteiger charge is -2.08. The maximum atomic E-state index is 12.3. The van der Waals surface area contributed by atoms with Gasteiger partial charge in [0, 0.05) is 10.7 Å². The van der Waals surface area contributed by atoms with Crippen LogP contribution in [0.4, 0.5) is 5.69 Å². The number of nitrogen functional groups attached to an aromatic ring is 1. The zero-order valence-electron chi connectivity index (χ0n) is 9.70. The number of hydrogen-bond acceptors (Lipinski definition) is 2. The predicted octanol–water partition coefficient (Wildman–Crippen LogP) is 4.54. The van der Waals surface area contributed by atoms with E-state index in [-0.39, 0.29) is 5.75 Å². The van der Waals surface area contributed by atoms with E-state index >= 15 is 0 Å². The molecule has 0 spiro atoms. The van der Waals surface area contributed by atoms with Crippen LogP contribution in [-0.4, -0.2) is 4.21 Å². The van der Waals surface area contributed by atoms with E-state index in [1.807, 2.05) is 0 Å². The highest BCUT2D eigenvalue weighted by atomic mass is 35.5. The molecule has 19 heavy (non-hydrogen) atoms. The maximum absolute atomic E-state index is 12.3. The Kier molecular flexibility index (Phi) is 4.74. The average molecular weight is 335 g/mol. The van der Waals surface area contributed by atoms with E-state index in [2.05, 4.69) is 0 Å². The zero-order chi connectivity index (χ0) is 14.0. The van der Waals surface area contributed by atoms with Gasteiger partial charge in [0.2, 0.25) is 0 Å². The van der Waals surface area contributed by atoms with Crippen molar-refractivity contribution in [3.8, 4) is 0 Å². The van der Waals surface area contributed by atoms with Crippen molar-refractivity contribution in [2.75, 3.05) is 5.73 Å². The Balaban J connectivity index is 2.28. The van der Waals surface area contributed by atoms with Gasteiger partial charge in [0.05, 0.1) is 31.5 Å². The van der Waals surface area contributed by atoms with Crippen molar-refractivity contribution in [3.63, 3.8) is 0 Å². The van der Waals surface area contributed by atoms with Crippen LogP contribution in [0.15, 0.2) is 41.3 Å². The second-order valence-electron chi connectivity index (χ2n) is 3.88. The molecule has 0 aromatic heterocycles. The number of rotatable bonds is 3. The Morgan fingerprint density at radius 2 is 1.84 bits per heavy atom. The summed E-state index contributed by atoms with van der Waals surface area (Å²) in [4.78, 5) is 0.542. The van der Waals surface area contributed by atoms with Crippen LogP contribution in [-0.2, 0) is 16.6 Å². The summed E-state index contributed by atoms with van der Waals surface area (Å²) in [5.41, 5.74) is 6.94. The third-order valence-corrected chi connectivity index (χ3v) is 5.06. The van der Waals surface area contributed by atoms with Gasteiger partial charge in [-0.15, -0.1) is 0 Å². The fourth-order valence-corrected chi connectivity index (χ4v) is 3.47. The third kappa shape index (κ3) is 3.42. The van der Waals surface area contributed by atoms with Gasteiger partial charge in [-0.25, -0.2) is 0 Å². The highest BCUT2D eigenvalue weighted by Gasteiger charge is 2.12. The van der Waals surface area contributed by atoms with Crippen LogP contribution < -0.4 is 5.73 Å². The zero-order valence-corrected chi connectivity index (χ0v) is 12.8. The molecule has 100 valence electrons. The smallest absolute Gasteiger partial charge is 0.0633 e. The lowest BCUT2D eigenvalue weighted by molar-refractivity contribution is 0.683. The molecule has 0 bridgehead atoms. The fourth-order valence-electron chi connectivity index (χ4n) is 1.61. The molecule has 2 aromatic rings. The molecule has 0 aliphatic carbocycles. The van der Waals surface area contributed by atoms with E-state index in [4.69, 9.17) is 40.5 Å². The van der Waals surface area contributed by atoms with Crippen molar-refractivity contribution in [1.82, 2.24) is 0 Å². The van der Waals surface area contributed by atoms with Gasteiger partial charge in [0.25, 0.3) is 0 Å². The first-order chi connectivity index (χ1) is 8.99. The van der Waals surface area contributed by atoms with E-state index in [0.29, 0.717) is 25.7 Å². The topological polar surface area (TPSA) is 43.1 Å². The highest BCUT2D eigenvalue weighted by Crippen LogP contribution is 2.29. The summed E-state index contributed by atoms with van der Waals surface area (Å²) in [6.07, 6.45) is 0. The molecule has 0 aliphatic rings. The second-order valence-corrected chi connectivity index (χ2v) is 6.53. The quantitative estimate of drug-likeness (QED) is 0.838. The summed E-state index contributed by atoms with van der Waals surface area (Å²) in [5, 5.41) is 1.38. The number of hydrogen-bond donors (Lipinski definition) is 1. The van der Waals surface area contributed by atoms with Crippen LogP contribution in [0.3, 0.4) is 0 Å². The maximum Gasteiger partial charge on any atom is 0.0633 e. The van der Waals surface area contributed by atoms with Crippen molar-refractivity contribution in [2.45, 2.75) is 10.6 Å². The third-order valence-electron chi connectivity index (χ3n) is 2.54. The van der Waals surface area contributed by atoms with Crippen LogP contribution in [0.5, 0.6) is 0 Å². The molecule has 0 saturated heterocycles. The van der Waals surface area contributed by atoms with Crippen molar-refractivity contribution in [2.24, 2.45) is 0 Å². The van der Waals surface area contributed by atoms with Gasteiger partial charge in [-0.1, -0.05) is 46.9 Å². The van der Waals surface area contributed by atoms with Crippen molar-refractivity contribution >= 4 is 51.3 Å². The lowest BCUT2D eigenvalue weighted by atomic mass is 10.2. The summed E-state index contributed by atoms with van der Waals surface area (Å²) in [5.74, 6) is 0.255. The fraction of sp³-hybridized carbons (Fsp3) is 0.0769. The van der Waals surface area contributed by atoms with Gasteiger partial charge in [-0.3, -0.25) is 4.21 Å². The van der Waals surface area contributed by atoms with Gasteiger partial charge in [-0.05, 0) is 29.8 Å². The molecule has 0 heterocycles. The molecule has 6 heteroatoms. The van der Waals surface area contributed by atoms with Crippen LogP contribution in [0.2, 0.25) is 15.1 Å². The van der Waals surface area contributed by atoms with Crippen LogP contribution in [0, 0.1) is 0 Å². The number of anilines is 1. The lowest BCUT2D eigenvalue weighted by Crippen LogP contribution is -2.01. The first-order valence-corrected chi connectivity index (χ1v) is 7.80.